The van der Waals surface area contributed by atoms with Crippen LogP contribution in [0.5, 0.6) is 0 Å². The SMILES string of the molecule is CC(=O)/C=C1/[C@@]2(C)C=C(C#N)C(=O)C(C)(C)[C@@H]2CC[C@@]1(C)C(C)(C)CC[C@@]1(C(=O)NNC(=O)C(C)C)CCC(C)(C)CC1C. The molecule has 3 aliphatic rings. The molecule has 0 radical (unpaired) electrons. The molecule has 2 saturated carbocycles. The molecule has 7 nitrogen and oxygen atoms in total. The van der Waals surface area contributed by atoms with Crippen LogP contribution in [-0.4, -0.2) is 23.4 Å². The monoisotopic (exact) mass is 607 g/mol. The standard InChI is InChI=1S/C37H57N3O4/c1-23(2)30(43)39-40-31(44)37(17-15-32(5,6)20-24(37)3)18-16-33(7,8)36(12)14-13-27-34(9,10)29(42)26(22-38)21-35(27,11)28(36)19-25(4)41/h19,21,23-24,27H,13-18,20H2,1-12H3,(H,39,43)(H,40,44)/b28-19-/t24?,27-,35-,36+,37-/m0/s1. The van der Waals surface area contributed by atoms with Crippen LogP contribution < -0.4 is 10.9 Å². The van der Waals surface area contributed by atoms with Crippen LogP contribution in [-0.2, 0) is 19.2 Å². The maximum Gasteiger partial charge on any atom is 0.244 e. The lowest BCUT2D eigenvalue weighted by molar-refractivity contribution is -0.144. The van der Waals surface area contributed by atoms with E-state index in [9.17, 15) is 24.4 Å². The fourth-order valence-electron chi connectivity index (χ4n) is 9.07. The lowest BCUT2D eigenvalue weighted by Gasteiger charge is -2.61. The number of amides is 2. The number of carbonyl (C=O) groups excluding carboxylic acids is 4. The molecule has 0 aliphatic heterocycles. The summed E-state index contributed by atoms with van der Waals surface area (Å²) >= 11 is 0. The first-order chi connectivity index (χ1) is 20.0. The van der Waals surface area contributed by atoms with Gasteiger partial charge >= 0.3 is 0 Å². The quantitative estimate of drug-likeness (QED) is 0.231. The van der Waals surface area contributed by atoms with E-state index in [-0.39, 0.29) is 57.5 Å². The summed E-state index contributed by atoms with van der Waals surface area (Å²) in [5, 5.41) is 9.95. The molecule has 3 aliphatic carbocycles. The fraction of sp³-hybridized carbons (Fsp3) is 0.757. The van der Waals surface area contributed by atoms with Gasteiger partial charge in [-0.15, -0.1) is 0 Å². The van der Waals surface area contributed by atoms with E-state index in [1.54, 1.807) is 26.8 Å². The van der Waals surface area contributed by atoms with Crippen molar-refractivity contribution >= 4 is 23.4 Å². The van der Waals surface area contributed by atoms with Gasteiger partial charge in [0.05, 0.1) is 11.0 Å². The van der Waals surface area contributed by atoms with Crippen molar-refractivity contribution in [2.45, 2.75) is 128 Å². The van der Waals surface area contributed by atoms with E-state index in [0.717, 1.165) is 44.1 Å². The largest absolute Gasteiger partial charge is 0.295 e. The molecule has 0 heterocycles. The van der Waals surface area contributed by atoms with Crippen molar-refractivity contribution in [2.24, 2.45) is 50.2 Å². The first-order valence-electron chi connectivity index (χ1n) is 16.5. The molecule has 7 heteroatoms. The van der Waals surface area contributed by atoms with Gasteiger partial charge in [-0.2, -0.15) is 5.26 Å². The summed E-state index contributed by atoms with van der Waals surface area (Å²) in [4.78, 5) is 52.5. The number of hydrogen-bond acceptors (Lipinski definition) is 5. The number of hydrazine groups is 1. The normalized spacial score (nSPS) is 34.0. The molecule has 2 N–H and O–H groups in total. The zero-order valence-corrected chi connectivity index (χ0v) is 29.4. The maximum absolute atomic E-state index is 14.0. The van der Waals surface area contributed by atoms with Crippen LogP contribution in [0.25, 0.3) is 0 Å². The minimum atomic E-state index is -0.733. The molecule has 0 bridgehead atoms. The minimum absolute atomic E-state index is 0.0450. The highest BCUT2D eigenvalue weighted by atomic mass is 16.2. The zero-order chi connectivity index (χ0) is 33.7. The molecule has 0 saturated heterocycles. The number of rotatable bonds is 7. The van der Waals surface area contributed by atoms with Crippen LogP contribution >= 0.6 is 0 Å². The van der Waals surface area contributed by atoms with Crippen molar-refractivity contribution in [2.75, 3.05) is 0 Å². The molecule has 0 aromatic carbocycles. The first-order valence-corrected chi connectivity index (χ1v) is 16.5. The van der Waals surface area contributed by atoms with E-state index in [4.69, 9.17) is 0 Å². The highest BCUT2D eigenvalue weighted by molar-refractivity contribution is 6.04. The molecule has 2 fully saturated rings. The summed E-state index contributed by atoms with van der Waals surface area (Å²) in [6, 6.07) is 2.16. The Kier molecular flexibility index (Phi) is 9.64. The average Bonchev–Trinajstić information content (AvgIpc) is 2.90. The highest BCUT2D eigenvalue weighted by Gasteiger charge is 2.61. The zero-order valence-electron chi connectivity index (χ0n) is 29.4. The van der Waals surface area contributed by atoms with Crippen LogP contribution in [0.15, 0.2) is 23.3 Å². The Morgan fingerprint density at radius 3 is 2.20 bits per heavy atom. The van der Waals surface area contributed by atoms with Crippen molar-refractivity contribution in [3.63, 3.8) is 0 Å². The van der Waals surface area contributed by atoms with Gasteiger partial charge in [0.2, 0.25) is 11.8 Å². The molecule has 5 atom stereocenters. The summed E-state index contributed by atoms with van der Waals surface area (Å²) in [6.45, 7) is 24.5. The molecule has 44 heavy (non-hydrogen) atoms. The average molecular weight is 608 g/mol. The Labute approximate surface area is 266 Å². The van der Waals surface area contributed by atoms with E-state index in [0.29, 0.717) is 6.42 Å². The first kappa shape index (κ1) is 35.7. The van der Waals surface area contributed by atoms with Gasteiger partial charge in [-0.05, 0) is 86.0 Å². The Morgan fingerprint density at radius 2 is 1.68 bits per heavy atom. The predicted octanol–water partition coefficient (Wildman–Crippen LogP) is 7.43. The van der Waals surface area contributed by atoms with Gasteiger partial charge in [-0.1, -0.05) is 87.8 Å². The number of ketones is 2. The maximum atomic E-state index is 14.0. The number of nitrogens with zero attached hydrogens (tertiary/aromatic N) is 1. The van der Waals surface area contributed by atoms with Crippen LogP contribution in [0.4, 0.5) is 0 Å². The number of allylic oxidation sites excluding steroid dienone is 4. The van der Waals surface area contributed by atoms with E-state index < -0.39 is 21.7 Å². The number of Topliss-reactive ketones (excluding diaryl/α,β-unsaturated/α-hetero) is 1. The van der Waals surface area contributed by atoms with Gasteiger partial charge in [-0.25, -0.2) is 0 Å². The van der Waals surface area contributed by atoms with Crippen LogP contribution in [0.3, 0.4) is 0 Å². The Bertz CT molecular complexity index is 1310. The Morgan fingerprint density at radius 1 is 1.07 bits per heavy atom. The second-order valence-corrected chi connectivity index (χ2v) is 17.0. The molecule has 2 amide bonds. The Balaban J connectivity index is 2.05. The van der Waals surface area contributed by atoms with Gasteiger partial charge in [0.1, 0.15) is 6.07 Å². The number of nitriles is 1. The topological polar surface area (TPSA) is 116 Å². The third kappa shape index (κ3) is 6.07. The Hall–Kier alpha value is -2.75. The van der Waals surface area contributed by atoms with Crippen LogP contribution in [0, 0.1) is 61.6 Å². The van der Waals surface area contributed by atoms with Crippen molar-refractivity contribution in [3.05, 3.63) is 23.3 Å². The molecule has 0 aromatic heterocycles. The summed E-state index contributed by atoms with van der Waals surface area (Å²) in [5.41, 5.74) is 3.94. The fourth-order valence-corrected chi connectivity index (χ4v) is 9.07. The van der Waals surface area contributed by atoms with Crippen molar-refractivity contribution in [1.29, 1.82) is 5.26 Å². The lowest BCUT2D eigenvalue weighted by Crippen LogP contribution is -2.57. The third-order valence-electron chi connectivity index (χ3n) is 12.5. The van der Waals surface area contributed by atoms with Crippen molar-refractivity contribution < 1.29 is 19.2 Å². The van der Waals surface area contributed by atoms with E-state index in [1.807, 2.05) is 19.9 Å². The number of nitrogens with one attached hydrogen (secondary N) is 2. The van der Waals surface area contributed by atoms with Gasteiger partial charge in [0.25, 0.3) is 0 Å². The van der Waals surface area contributed by atoms with Gasteiger partial charge in [0.15, 0.2) is 11.6 Å². The molecule has 0 spiro atoms. The number of carbonyl (C=O) groups is 4. The van der Waals surface area contributed by atoms with Gasteiger partial charge < -0.3 is 0 Å². The van der Waals surface area contributed by atoms with E-state index in [1.165, 1.54) is 0 Å². The van der Waals surface area contributed by atoms with Crippen LogP contribution in [0.2, 0.25) is 0 Å². The van der Waals surface area contributed by atoms with Crippen molar-refractivity contribution in [1.82, 2.24) is 10.9 Å². The smallest absolute Gasteiger partial charge is 0.244 e. The minimum Gasteiger partial charge on any atom is -0.295 e. The summed E-state index contributed by atoms with van der Waals surface area (Å²) in [5.74, 6) is -0.697. The molecule has 244 valence electrons. The number of hydrogen-bond donors (Lipinski definition) is 2. The second-order valence-electron chi connectivity index (χ2n) is 17.0. The number of fused-ring (bicyclic) bond motifs is 1. The van der Waals surface area contributed by atoms with Crippen LogP contribution in [0.1, 0.15) is 128 Å². The molecule has 1 unspecified atom stereocenters. The van der Waals surface area contributed by atoms with E-state index >= 15 is 0 Å². The van der Waals surface area contributed by atoms with Gasteiger partial charge in [0, 0.05) is 16.7 Å². The molecular weight excluding hydrogens is 550 g/mol. The summed E-state index contributed by atoms with van der Waals surface area (Å²) < 4.78 is 0. The summed E-state index contributed by atoms with van der Waals surface area (Å²) in [6.07, 6.45) is 9.12. The molecule has 0 aromatic rings. The summed E-state index contributed by atoms with van der Waals surface area (Å²) in [7, 11) is 0. The van der Waals surface area contributed by atoms with Crippen molar-refractivity contribution in [3.8, 4) is 6.07 Å². The third-order valence-corrected chi connectivity index (χ3v) is 12.5. The molecule has 3 rings (SSSR count). The second kappa shape index (κ2) is 11.9. The molecular formula is C37H57N3O4. The van der Waals surface area contributed by atoms with E-state index in [2.05, 4.69) is 65.4 Å². The predicted molar refractivity (Wildman–Crippen MR) is 174 cm³/mol. The lowest BCUT2D eigenvalue weighted by atomic mass is 9.42. The highest BCUT2D eigenvalue weighted by Crippen LogP contribution is 2.67. The van der Waals surface area contributed by atoms with Gasteiger partial charge in [-0.3, -0.25) is 30.0 Å².